The zero-order chi connectivity index (χ0) is 13.0. The Balaban J connectivity index is 1.93. The Morgan fingerprint density at radius 3 is 2.67 bits per heavy atom. The van der Waals surface area contributed by atoms with Gasteiger partial charge in [-0.05, 0) is 43.9 Å². The highest BCUT2D eigenvalue weighted by Crippen LogP contribution is 2.42. The van der Waals surface area contributed by atoms with Gasteiger partial charge in [0.2, 0.25) is 0 Å². The summed E-state index contributed by atoms with van der Waals surface area (Å²) in [5.41, 5.74) is 0.133. The summed E-state index contributed by atoms with van der Waals surface area (Å²) in [6.45, 7) is 5.27. The SMILES string of the molecule is CCCC(C)C(O)C1CCOC2(CCCCC2)C1. The topological polar surface area (TPSA) is 29.5 Å². The smallest absolute Gasteiger partial charge is 0.0686 e. The molecule has 1 aliphatic carbocycles. The molecule has 2 heteroatoms. The Hall–Kier alpha value is -0.0800. The largest absolute Gasteiger partial charge is 0.393 e. The van der Waals surface area contributed by atoms with Crippen LogP contribution in [0.5, 0.6) is 0 Å². The highest BCUT2D eigenvalue weighted by Gasteiger charge is 2.41. The van der Waals surface area contributed by atoms with E-state index < -0.39 is 0 Å². The highest BCUT2D eigenvalue weighted by molar-refractivity contribution is 4.92. The van der Waals surface area contributed by atoms with Crippen LogP contribution in [0.3, 0.4) is 0 Å². The van der Waals surface area contributed by atoms with Gasteiger partial charge in [0.15, 0.2) is 0 Å². The maximum atomic E-state index is 10.5. The molecule has 0 bridgehead atoms. The predicted molar refractivity (Wildman–Crippen MR) is 74.6 cm³/mol. The van der Waals surface area contributed by atoms with Crippen molar-refractivity contribution < 1.29 is 9.84 Å². The zero-order valence-corrected chi connectivity index (χ0v) is 12.2. The Kier molecular flexibility index (Phi) is 5.08. The first-order valence-corrected chi connectivity index (χ1v) is 7.99. The maximum absolute atomic E-state index is 10.5. The second-order valence-corrected chi connectivity index (χ2v) is 6.60. The summed E-state index contributed by atoms with van der Waals surface area (Å²) in [6, 6.07) is 0. The average molecular weight is 254 g/mol. The first-order valence-electron chi connectivity index (χ1n) is 7.99. The molecular formula is C16H30O2. The fourth-order valence-corrected chi connectivity index (χ4v) is 3.99. The molecule has 1 spiro atoms. The molecule has 3 unspecified atom stereocenters. The van der Waals surface area contributed by atoms with Crippen LogP contribution in [0.2, 0.25) is 0 Å². The molecule has 0 radical (unpaired) electrons. The van der Waals surface area contributed by atoms with Crippen molar-refractivity contribution in [2.45, 2.75) is 83.3 Å². The normalized spacial score (nSPS) is 31.2. The summed E-state index contributed by atoms with van der Waals surface area (Å²) in [7, 11) is 0. The van der Waals surface area contributed by atoms with E-state index in [1.165, 1.54) is 38.5 Å². The molecule has 1 aliphatic heterocycles. The van der Waals surface area contributed by atoms with Crippen LogP contribution in [0.15, 0.2) is 0 Å². The molecule has 3 atom stereocenters. The minimum Gasteiger partial charge on any atom is -0.393 e. The molecule has 2 nitrogen and oxygen atoms in total. The van der Waals surface area contributed by atoms with Crippen molar-refractivity contribution in [1.82, 2.24) is 0 Å². The standard InChI is InChI=1S/C16H30O2/c1-3-7-13(2)15(17)14-8-11-18-16(12-14)9-5-4-6-10-16/h13-15,17H,3-12H2,1-2H3. The molecule has 1 N–H and O–H groups in total. The molecule has 2 fully saturated rings. The van der Waals surface area contributed by atoms with Crippen LogP contribution in [0.4, 0.5) is 0 Å². The lowest BCUT2D eigenvalue weighted by molar-refractivity contribution is -0.138. The Bertz CT molecular complexity index is 240. The van der Waals surface area contributed by atoms with E-state index in [1.807, 2.05) is 0 Å². The molecule has 0 aromatic carbocycles. The molecular weight excluding hydrogens is 224 g/mol. The lowest BCUT2D eigenvalue weighted by atomic mass is 9.72. The van der Waals surface area contributed by atoms with Gasteiger partial charge in [0.1, 0.15) is 0 Å². The molecule has 1 saturated carbocycles. The summed E-state index contributed by atoms with van der Waals surface area (Å²) in [5, 5.41) is 10.5. The van der Waals surface area contributed by atoms with Crippen molar-refractivity contribution >= 4 is 0 Å². The van der Waals surface area contributed by atoms with Gasteiger partial charge in [-0.3, -0.25) is 0 Å². The van der Waals surface area contributed by atoms with E-state index in [0.717, 1.165) is 25.9 Å². The van der Waals surface area contributed by atoms with E-state index >= 15 is 0 Å². The van der Waals surface area contributed by atoms with Crippen LogP contribution in [0.1, 0.15) is 71.6 Å². The van der Waals surface area contributed by atoms with Crippen molar-refractivity contribution in [2.75, 3.05) is 6.61 Å². The summed E-state index contributed by atoms with van der Waals surface area (Å²) in [6.07, 6.45) is 10.8. The van der Waals surface area contributed by atoms with E-state index in [0.29, 0.717) is 11.8 Å². The van der Waals surface area contributed by atoms with Crippen molar-refractivity contribution in [1.29, 1.82) is 0 Å². The lowest BCUT2D eigenvalue weighted by Gasteiger charge is -2.45. The predicted octanol–water partition coefficient (Wildman–Crippen LogP) is 3.91. The highest BCUT2D eigenvalue weighted by atomic mass is 16.5. The number of hydrogen-bond donors (Lipinski definition) is 1. The van der Waals surface area contributed by atoms with E-state index in [2.05, 4.69) is 13.8 Å². The van der Waals surface area contributed by atoms with Gasteiger partial charge in [0.25, 0.3) is 0 Å². The first-order chi connectivity index (χ1) is 8.67. The van der Waals surface area contributed by atoms with E-state index in [9.17, 15) is 5.11 Å². The quantitative estimate of drug-likeness (QED) is 0.824. The van der Waals surface area contributed by atoms with Gasteiger partial charge in [-0.15, -0.1) is 0 Å². The number of ether oxygens (including phenoxy) is 1. The van der Waals surface area contributed by atoms with Gasteiger partial charge >= 0.3 is 0 Å². The van der Waals surface area contributed by atoms with Crippen LogP contribution < -0.4 is 0 Å². The van der Waals surface area contributed by atoms with E-state index in [-0.39, 0.29) is 11.7 Å². The van der Waals surface area contributed by atoms with Crippen molar-refractivity contribution in [3.63, 3.8) is 0 Å². The second-order valence-electron chi connectivity index (χ2n) is 6.60. The lowest BCUT2D eigenvalue weighted by Crippen LogP contribution is -2.45. The molecule has 0 amide bonds. The van der Waals surface area contributed by atoms with Crippen LogP contribution in [-0.2, 0) is 4.74 Å². The Labute approximate surface area is 112 Å². The van der Waals surface area contributed by atoms with Crippen molar-refractivity contribution in [2.24, 2.45) is 11.8 Å². The fourth-order valence-electron chi connectivity index (χ4n) is 3.99. The number of aliphatic hydroxyl groups is 1. The third kappa shape index (κ3) is 3.27. The minimum absolute atomic E-state index is 0.118. The second kappa shape index (κ2) is 6.38. The monoisotopic (exact) mass is 254 g/mol. The molecule has 0 aromatic rings. The first kappa shape index (κ1) is 14.3. The molecule has 1 heterocycles. The van der Waals surface area contributed by atoms with Crippen LogP contribution in [-0.4, -0.2) is 23.4 Å². The summed E-state index contributed by atoms with van der Waals surface area (Å²) in [4.78, 5) is 0. The minimum atomic E-state index is -0.118. The fraction of sp³-hybridized carbons (Fsp3) is 1.00. The van der Waals surface area contributed by atoms with Crippen LogP contribution in [0, 0.1) is 11.8 Å². The number of aliphatic hydroxyl groups excluding tert-OH is 1. The van der Waals surface area contributed by atoms with Gasteiger partial charge in [0, 0.05) is 6.61 Å². The average Bonchev–Trinajstić information content (AvgIpc) is 2.39. The molecule has 0 aromatic heterocycles. The molecule has 2 rings (SSSR count). The summed E-state index contributed by atoms with van der Waals surface area (Å²) >= 11 is 0. The van der Waals surface area contributed by atoms with Gasteiger partial charge in [-0.25, -0.2) is 0 Å². The van der Waals surface area contributed by atoms with Crippen LogP contribution >= 0.6 is 0 Å². The van der Waals surface area contributed by atoms with Gasteiger partial charge in [-0.1, -0.05) is 39.5 Å². The van der Waals surface area contributed by atoms with Crippen molar-refractivity contribution in [3.05, 3.63) is 0 Å². The van der Waals surface area contributed by atoms with Crippen molar-refractivity contribution in [3.8, 4) is 0 Å². The molecule has 1 saturated heterocycles. The Morgan fingerprint density at radius 2 is 2.00 bits per heavy atom. The molecule has 18 heavy (non-hydrogen) atoms. The summed E-state index contributed by atoms with van der Waals surface area (Å²) < 4.78 is 6.12. The van der Waals surface area contributed by atoms with Gasteiger partial charge < -0.3 is 9.84 Å². The van der Waals surface area contributed by atoms with Gasteiger partial charge in [0.05, 0.1) is 11.7 Å². The molecule has 2 aliphatic rings. The third-order valence-electron chi connectivity index (χ3n) is 5.11. The number of rotatable bonds is 4. The molecule has 106 valence electrons. The Morgan fingerprint density at radius 1 is 1.28 bits per heavy atom. The number of hydrogen-bond acceptors (Lipinski definition) is 2. The maximum Gasteiger partial charge on any atom is 0.0686 e. The zero-order valence-electron chi connectivity index (χ0n) is 12.2. The summed E-state index contributed by atoms with van der Waals surface area (Å²) in [5.74, 6) is 0.914. The van der Waals surface area contributed by atoms with Crippen LogP contribution in [0.25, 0.3) is 0 Å². The van der Waals surface area contributed by atoms with Gasteiger partial charge in [-0.2, -0.15) is 0 Å². The third-order valence-corrected chi connectivity index (χ3v) is 5.11. The van der Waals surface area contributed by atoms with E-state index in [1.54, 1.807) is 0 Å². The van der Waals surface area contributed by atoms with E-state index in [4.69, 9.17) is 4.74 Å².